The van der Waals surface area contributed by atoms with Crippen molar-refractivity contribution in [3.63, 3.8) is 0 Å². The van der Waals surface area contributed by atoms with Crippen molar-refractivity contribution >= 4 is 5.91 Å². The van der Waals surface area contributed by atoms with E-state index in [4.69, 9.17) is 0 Å². The molecule has 2 N–H and O–H groups in total. The van der Waals surface area contributed by atoms with Crippen LogP contribution in [0.3, 0.4) is 0 Å². The molecule has 4 nitrogen and oxygen atoms in total. The van der Waals surface area contributed by atoms with Gasteiger partial charge in [-0.05, 0) is 75.5 Å². The van der Waals surface area contributed by atoms with Crippen LogP contribution in [0.25, 0.3) is 0 Å². The van der Waals surface area contributed by atoms with Crippen molar-refractivity contribution in [3.8, 4) is 0 Å². The molecule has 2 saturated carbocycles. The van der Waals surface area contributed by atoms with Crippen LogP contribution in [0.5, 0.6) is 0 Å². The van der Waals surface area contributed by atoms with Crippen LogP contribution in [0.2, 0.25) is 0 Å². The third-order valence-electron chi connectivity index (χ3n) is 9.34. The largest absolute Gasteiger partial charge is 0.393 e. The molecule has 158 valence electrons. The predicted octanol–water partition coefficient (Wildman–Crippen LogP) is 4.11. The number of aliphatic hydroxyl groups is 2. The van der Waals surface area contributed by atoms with Gasteiger partial charge in [-0.2, -0.15) is 0 Å². The lowest BCUT2D eigenvalue weighted by atomic mass is 9.44. The van der Waals surface area contributed by atoms with Crippen molar-refractivity contribution in [1.29, 1.82) is 0 Å². The van der Waals surface area contributed by atoms with E-state index in [0.717, 1.165) is 38.5 Å². The molecule has 4 aliphatic rings. The van der Waals surface area contributed by atoms with E-state index in [0.29, 0.717) is 24.8 Å². The van der Waals surface area contributed by atoms with Crippen LogP contribution >= 0.6 is 0 Å². The molecule has 28 heavy (non-hydrogen) atoms. The summed E-state index contributed by atoms with van der Waals surface area (Å²) in [5.74, 6) is 1.68. The van der Waals surface area contributed by atoms with Gasteiger partial charge in [-0.1, -0.05) is 26.8 Å². The first kappa shape index (κ1) is 20.4. The number of carbonyl (C=O) groups is 1. The Hall–Kier alpha value is -0.870. The molecule has 1 saturated heterocycles. The van der Waals surface area contributed by atoms with Crippen LogP contribution in [0.1, 0.15) is 79.6 Å². The van der Waals surface area contributed by atoms with Gasteiger partial charge in [0.25, 0.3) is 0 Å². The Morgan fingerprint density at radius 2 is 1.96 bits per heavy atom. The van der Waals surface area contributed by atoms with E-state index in [1.807, 2.05) is 11.8 Å². The number of nitrogens with zero attached hydrogens (tertiary/aromatic N) is 1. The quantitative estimate of drug-likeness (QED) is 0.763. The van der Waals surface area contributed by atoms with Crippen LogP contribution in [0, 0.1) is 34.5 Å². The van der Waals surface area contributed by atoms with E-state index in [-0.39, 0.29) is 34.7 Å². The van der Waals surface area contributed by atoms with Crippen molar-refractivity contribution in [1.82, 2.24) is 4.90 Å². The Labute approximate surface area is 170 Å². The Morgan fingerprint density at radius 1 is 1.25 bits per heavy atom. The number of carbonyl (C=O) groups excluding carboxylic acids is 1. The number of rotatable bonds is 3. The maximum absolute atomic E-state index is 12.5. The third-order valence-corrected chi connectivity index (χ3v) is 9.34. The van der Waals surface area contributed by atoms with Crippen LogP contribution in [-0.4, -0.2) is 39.3 Å². The minimum Gasteiger partial charge on any atom is -0.393 e. The molecule has 0 bridgehead atoms. The fourth-order valence-electron chi connectivity index (χ4n) is 8.53. The molecule has 3 fully saturated rings. The van der Waals surface area contributed by atoms with Crippen molar-refractivity contribution in [2.45, 2.75) is 91.3 Å². The van der Waals surface area contributed by atoms with Crippen molar-refractivity contribution < 1.29 is 15.0 Å². The first-order valence-electron chi connectivity index (χ1n) is 11.5. The zero-order chi connectivity index (χ0) is 20.5. The summed E-state index contributed by atoms with van der Waals surface area (Å²) in [6.07, 6.45) is 8.21. The molecule has 1 amide bonds. The first-order valence-corrected chi connectivity index (χ1v) is 11.5. The molecule has 4 heteroatoms. The highest BCUT2D eigenvalue weighted by Crippen LogP contribution is 2.68. The van der Waals surface area contributed by atoms with E-state index >= 15 is 0 Å². The van der Waals surface area contributed by atoms with Gasteiger partial charge in [0.2, 0.25) is 5.91 Å². The number of allylic oxidation sites excluding steroid dienone is 2. The zero-order valence-electron chi connectivity index (χ0n) is 18.4. The maximum atomic E-state index is 12.5. The second-order valence-corrected chi connectivity index (χ2v) is 10.8. The average Bonchev–Trinajstić information content (AvgIpc) is 2.96. The molecule has 3 aliphatic carbocycles. The summed E-state index contributed by atoms with van der Waals surface area (Å²) in [5.41, 5.74) is 0.245. The fourth-order valence-corrected chi connectivity index (χ4v) is 8.53. The summed E-state index contributed by atoms with van der Waals surface area (Å²) < 4.78 is 0. The molecule has 5 unspecified atom stereocenters. The molecule has 0 spiro atoms. The fraction of sp³-hybridized carbons (Fsp3) is 0.875. The predicted molar refractivity (Wildman–Crippen MR) is 110 cm³/mol. The third kappa shape index (κ3) is 2.59. The molecule has 0 aromatic carbocycles. The second kappa shape index (κ2) is 6.57. The summed E-state index contributed by atoms with van der Waals surface area (Å²) in [7, 11) is 0. The van der Waals surface area contributed by atoms with E-state index < -0.39 is 5.60 Å². The van der Waals surface area contributed by atoms with Crippen LogP contribution in [-0.2, 0) is 4.79 Å². The molecule has 4 rings (SSSR count). The molecular formula is C24H39NO3. The summed E-state index contributed by atoms with van der Waals surface area (Å²) in [4.78, 5) is 14.5. The zero-order valence-corrected chi connectivity index (χ0v) is 18.4. The van der Waals surface area contributed by atoms with Crippen molar-refractivity contribution in [2.75, 3.05) is 6.54 Å². The molecule has 0 aromatic heterocycles. The van der Waals surface area contributed by atoms with Gasteiger partial charge in [0.05, 0.1) is 11.7 Å². The number of fused-ring (bicyclic) bond motifs is 5. The number of hydrogen-bond acceptors (Lipinski definition) is 3. The topological polar surface area (TPSA) is 60.8 Å². The summed E-state index contributed by atoms with van der Waals surface area (Å²) >= 11 is 0. The number of piperidine rings is 1. The van der Waals surface area contributed by atoms with Crippen molar-refractivity contribution in [3.05, 3.63) is 11.8 Å². The summed E-state index contributed by atoms with van der Waals surface area (Å²) in [6.45, 7) is 11.5. The van der Waals surface area contributed by atoms with E-state index in [2.05, 4.69) is 33.8 Å². The number of amides is 1. The monoisotopic (exact) mass is 389 g/mol. The maximum Gasteiger partial charge on any atom is 0.226 e. The van der Waals surface area contributed by atoms with E-state index in [1.165, 1.54) is 5.70 Å². The highest BCUT2D eigenvalue weighted by Gasteiger charge is 2.66. The van der Waals surface area contributed by atoms with Gasteiger partial charge in [-0.3, -0.25) is 4.79 Å². The normalized spacial score (nSPS) is 49.2. The number of hydrogen-bond donors (Lipinski definition) is 2. The Kier molecular flexibility index (Phi) is 4.79. The van der Waals surface area contributed by atoms with Gasteiger partial charge < -0.3 is 15.1 Å². The highest BCUT2D eigenvalue weighted by molar-refractivity contribution is 5.80. The lowest BCUT2D eigenvalue weighted by Gasteiger charge is -2.63. The minimum atomic E-state index is -0.778. The highest BCUT2D eigenvalue weighted by atomic mass is 16.3. The van der Waals surface area contributed by atoms with E-state index in [1.54, 1.807) is 0 Å². The number of likely N-dealkylation sites (tertiary alicyclic amines) is 1. The summed E-state index contributed by atoms with van der Waals surface area (Å²) in [6, 6.07) is 0. The van der Waals surface area contributed by atoms with Crippen LogP contribution in [0.15, 0.2) is 11.8 Å². The molecular weight excluding hydrogens is 350 g/mol. The second-order valence-electron chi connectivity index (χ2n) is 10.8. The lowest BCUT2D eigenvalue weighted by Crippen LogP contribution is -2.63. The minimum absolute atomic E-state index is 0.00325. The Balaban J connectivity index is 1.77. The first-order chi connectivity index (χ1) is 13.1. The molecule has 1 aliphatic heterocycles. The average molecular weight is 390 g/mol. The van der Waals surface area contributed by atoms with Gasteiger partial charge in [0, 0.05) is 30.0 Å². The molecule has 0 aromatic rings. The number of aliphatic hydroxyl groups excluding tert-OH is 1. The molecule has 1 heterocycles. The Bertz CT molecular complexity index is 685. The van der Waals surface area contributed by atoms with Gasteiger partial charge in [0.15, 0.2) is 0 Å². The van der Waals surface area contributed by atoms with Crippen LogP contribution < -0.4 is 0 Å². The smallest absolute Gasteiger partial charge is 0.226 e. The summed E-state index contributed by atoms with van der Waals surface area (Å²) in [5, 5.41) is 22.6. The van der Waals surface area contributed by atoms with Gasteiger partial charge in [-0.25, -0.2) is 0 Å². The lowest BCUT2D eigenvalue weighted by molar-refractivity contribution is -0.190. The molecule has 8 atom stereocenters. The van der Waals surface area contributed by atoms with Crippen LogP contribution in [0.4, 0.5) is 0 Å². The standard InChI is InChI=1S/C24H39NO3/c1-6-18(26)17-10-9-16-15-8-11-19-22(3,13-12-20(27)25(19)7-2)21(15)24(5,28)14-23(16,17)4/h11,15-18,21,26,28H,6-10,12-14H2,1-5H3/t15?,16?,17?,18?,21?,22-,23-,24-/m0/s1. The van der Waals surface area contributed by atoms with Gasteiger partial charge in [0.1, 0.15) is 0 Å². The van der Waals surface area contributed by atoms with E-state index in [9.17, 15) is 15.0 Å². The SMILES string of the molecule is CCC(O)C1CCC2C3CC=C4N(CC)C(=O)CC[C@]4(C)C3[C@@](C)(O)C[C@]12C. The molecule has 0 radical (unpaired) electrons. The van der Waals surface area contributed by atoms with Crippen molar-refractivity contribution in [2.24, 2.45) is 34.5 Å². The Morgan fingerprint density at radius 3 is 2.61 bits per heavy atom. The van der Waals surface area contributed by atoms with Gasteiger partial charge >= 0.3 is 0 Å². The van der Waals surface area contributed by atoms with Gasteiger partial charge in [-0.15, -0.1) is 0 Å².